The van der Waals surface area contributed by atoms with Crippen molar-refractivity contribution in [3.63, 3.8) is 0 Å². The van der Waals surface area contributed by atoms with Gasteiger partial charge in [0.05, 0.1) is 43.5 Å². The summed E-state index contributed by atoms with van der Waals surface area (Å²) in [5, 5.41) is 17.2. The summed E-state index contributed by atoms with van der Waals surface area (Å²) in [6.45, 7) is 1.75. The Morgan fingerprint density at radius 3 is 2.32 bits per heavy atom. The molecule has 2 aliphatic rings. The maximum Gasteiger partial charge on any atom is 0.158 e. The van der Waals surface area contributed by atoms with Gasteiger partial charge in [-0.25, -0.2) is 0 Å². The Labute approximate surface area is 112 Å². The Balaban J connectivity index is 1.90. The van der Waals surface area contributed by atoms with Crippen LogP contribution in [0, 0.1) is 28.1 Å². The summed E-state index contributed by atoms with van der Waals surface area (Å²) in [6.07, 6.45) is 1.72. The first-order valence-corrected chi connectivity index (χ1v) is 6.47. The van der Waals surface area contributed by atoms with Crippen molar-refractivity contribution < 1.29 is 18.9 Å². The number of nitrogens with zero attached hydrogens (tertiary/aromatic N) is 2. The molecule has 2 rings (SSSR count). The Morgan fingerprint density at radius 1 is 0.947 bits per heavy atom. The van der Waals surface area contributed by atoms with Crippen LogP contribution >= 0.6 is 0 Å². The first-order valence-electron chi connectivity index (χ1n) is 6.47. The van der Waals surface area contributed by atoms with Crippen LogP contribution < -0.4 is 0 Å². The summed E-state index contributed by atoms with van der Waals surface area (Å²) in [7, 11) is 0. The van der Waals surface area contributed by atoms with E-state index in [1.54, 1.807) is 0 Å². The molecule has 0 aromatic rings. The summed E-state index contributed by atoms with van der Waals surface area (Å²) in [6, 6.07) is 4.21. The standard InChI is InChI=1S/C13H18N2O4/c14-5-1-3-11-13(7-16-10-19-11)8-17-12(18-9-13)4-2-6-15/h11-12H,1-4,7-10H2. The van der Waals surface area contributed by atoms with Crippen molar-refractivity contribution in [1.82, 2.24) is 0 Å². The van der Waals surface area contributed by atoms with Gasteiger partial charge in [-0.1, -0.05) is 0 Å². The van der Waals surface area contributed by atoms with Crippen LogP contribution in [0.1, 0.15) is 25.7 Å². The Hall–Kier alpha value is -1.18. The van der Waals surface area contributed by atoms with Crippen molar-refractivity contribution in [3.8, 4) is 12.1 Å². The monoisotopic (exact) mass is 266 g/mol. The largest absolute Gasteiger partial charge is 0.355 e. The highest BCUT2D eigenvalue weighted by Crippen LogP contribution is 2.36. The van der Waals surface area contributed by atoms with Crippen LogP contribution in [0.2, 0.25) is 0 Å². The minimum Gasteiger partial charge on any atom is -0.355 e. The molecule has 0 aliphatic carbocycles. The molecule has 1 unspecified atom stereocenters. The Bertz CT molecular complexity index is 366. The molecule has 104 valence electrons. The van der Waals surface area contributed by atoms with Crippen LogP contribution in [-0.4, -0.2) is 39.0 Å². The molecule has 2 saturated heterocycles. The average molecular weight is 266 g/mol. The molecule has 1 spiro atoms. The van der Waals surface area contributed by atoms with Crippen molar-refractivity contribution in [3.05, 3.63) is 0 Å². The number of nitriles is 2. The van der Waals surface area contributed by atoms with E-state index >= 15 is 0 Å². The lowest BCUT2D eigenvalue weighted by Crippen LogP contribution is -2.55. The van der Waals surface area contributed by atoms with Gasteiger partial charge in [-0.05, 0) is 6.42 Å². The van der Waals surface area contributed by atoms with Gasteiger partial charge in [0.1, 0.15) is 6.79 Å². The molecule has 19 heavy (non-hydrogen) atoms. The second kappa shape index (κ2) is 6.83. The molecule has 6 nitrogen and oxygen atoms in total. The van der Waals surface area contributed by atoms with Crippen LogP contribution in [0.15, 0.2) is 0 Å². The van der Waals surface area contributed by atoms with E-state index in [1.165, 1.54) is 0 Å². The first-order chi connectivity index (χ1) is 9.30. The van der Waals surface area contributed by atoms with E-state index in [-0.39, 0.29) is 24.6 Å². The summed E-state index contributed by atoms with van der Waals surface area (Å²) in [4.78, 5) is 0. The Kier molecular flexibility index (Phi) is 5.12. The van der Waals surface area contributed by atoms with Gasteiger partial charge < -0.3 is 18.9 Å². The third-order valence-electron chi connectivity index (χ3n) is 3.55. The van der Waals surface area contributed by atoms with Crippen molar-refractivity contribution in [2.45, 2.75) is 38.1 Å². The maximum absolute atomic E-state index is 8.69. The zero-order chi connectivity index (χ0) is 13.6. The number of hydrogen-bond acceptors (Lipinski definition) is 6. The van der Waals surface area contributed by atoms with Crippen LogP contribution in [0.5, 0.6) is 0 Å². The fourth-order valence-electron chi connectivity index (χ4n) is 2.46. The molecule has 0 aromatic heterocycles. The van der Waals surface area contributed by atoms with Gasteiger partial charge >= 0.3 is 0 Å². The lowest BCUT2D eigenvalue weighted by molar-refractivity contribution is -0.303. The molecule has 1 atom stereocenters. The summed E-state index contributed by atoms with van der Waals surface area (Å²) in [5.41, 5.74) is -0.321. The topological polar surface area (TPSA) is 84.5 Å². The number of hydrogen-bond donors (Lipinski definition) is 0. The molecule has 6 heteroatoms. The van der Waals surface area contributed by atoms with E-state index < -0.39 is 0 Å². The molecule has 0 radical (unpaired) electrons. The molecule has 2 heterocycles. The van der Waals surface area contributed by atoms with Gasteiger partial charge in [0.25, 0.3) is 0 Å². The number of ether oxygens (including phenoxy) is 4. The zero-order valence-corrected chi connectivity index (χ0v) is 10.8. The Morgan fingerprint density at radius 2 is 1.63 bits per heavy atom. The lowest BCUT2D eigenvalue weighted by atomic mass is 9.81. The second-order valence-corrected chi connectivity index (χ2v) is 4.93. The van der Waals surface area contributed by atoms with Crippen LogP contribution in [0.25, 0.3) is 0 Å². The van der Waals surface area contributed by atoms with Gasteiger partial charge in [-0.3, -0.25) is 0 Å². The molecule has 0 aromatic carbocycles. The molecular weight excluding hydrogens is 248 g/mol. The van der Waals surface area contributed by atoms with Crippen LogP contribution in [0.3, 0.4) is 0 Å². The van der Waals surface area contributed by atoms with Crippen LogP contribution in [0.4, 0.5) is 0 Å². The summed E-state index contributed by atoms with van der Waals surface area (Å²) < 4.78 is 22.3. The van der Waals surface area contributed by atoms with E-state index in [1.807, 2.05) is 0 Å². The highest BCUT2D eigenvalue weighted by atomic mass is 16.7. The zero-order valence-electron chi connectivity index (χ0n) is 10.8. The smallest absolute Gasteiger partial charge is 0.158 e. The SMILES string of the molecule is N#CCCC1OCC2(COCOC2CCC#N)CO1. The molecule has 0 saturated carbocycles. The molecule has 0 N–H and O–H groups in total. The van der Waals surface area contributed by atoms with Crippen molar-refractivity contribution in [2.24, 2.45) is 5.41 Å². The van der Waals surface area contributed by atoms with Gasteiger partial charge in [-0.15, -0.1) is 0 Å². The highest BCUT2D eigenvalue weighted by Gasteiger charge is 2.46. The van der Waals surface area contributed by atoms with Gasteiger partial charge in [0.15, 0.2) is 6.29 Å². The minimum absolute atomic E-state index is 0.0715. The van der Waals surface area contributed by atoms with E-state index in [9.17, 15) is 0 Å². The van der Waals surface area contributed by atoms with E-state index in [0.717, 1.165) is 0 Å². The summed E-state index contributed by atoms with van der Waals surface area (Å²) >= 11 is 0. The van der Waals surface area contributed by atoms with E-state index in [4.69, 9.17) is 29.5 Å². The predicted octanol–water partition coefficient (Wildman–Crippen LogP) is 1.33. The average Bonchev–Trinajstić information content (AvgIpc) is 2.46. The fraction of sp³-hybridized carbons (Fsp3) is 0.846. The third kappa shape index (κ3) is 3.43. The van der Waals surface area contributed by atoms with Gasteiger partial charge in [-0.2, -0.15) is 10.5 Å². The first kappa shape index (κ1) is 14.2. The number of rotatable bonds is 4. The minimum atomic E-state index is -0.321. The quantitative estimate of drug-likeness (QED) is 0.763. The molecule has 2 fully saturated rings. The highest BCUT2D eigenvalue weighted by molar-refractivity contribution is 4.93. The molecule has 0 bridgehead atoms. The van der Waals surface area contributed by atoms with E-state index in [0.29, 0.717) is 45.5 Å². The van der Waals surface area contributed by atoms with Gasteiger partial charge in [0.2, 0.25) is 0 Å². The van der Waals surface area contributed by atoms with Crippen LogP contribution in [-0.2, 0) is 18.9 Å². The summed E-state index contributed by atoms with van der Waals surface area (Å²) in [5.74, 6) is 0. The molecule has 2 aliphatic heterocycles. The normalized spacial score (nSPS) is 34.6. The third-order valence-corrected chi connectivity index (χ3v) is 3.55. The maximum atomic E-state index is 8.69. The van der Waals surface area contributed by atoms with Crippen molar-refractivity contribution >= 4 is 0 Å². The molecular formula is C13H18N2O4. The molecule has 0 amide bonds. The fourth-order valence-corrected chi connectivity index (χ4v) is 2.46. The van der Waals surface area contributed by atoms with Gasteiger partial charge in [0, 0.05) is 19.3 Å². The van der Waals surface area contributed by atoms with Crippen molar-refractivity contribution in [2.75, 3.05) is 26.6 Å². The lowest BCUT2D eigenvalue weighted by Gasteiger charge is -2.46. The second-order valence-electron chi connectivity index (χ2n) is 4.93. The van der Waals surface area contributed by atoms with E-state index in [2.05, 4.69) is 12.1 Å². The predicted molar refractivity (Wildman–Crippen MR) is 63.5 cm³/mol. The van der Waals surface area contributed by atoms with Crippen molar-refractivity contribution in [1.29, 1.82) is 10.5 Å².